The van der Waals surface area contributed by atoms with Crippen molar-refractivity contribution in [2.75, 3.05) is 6.54 Å². The van der Waals surface area contributed by atoms with Crippen LogP contribution in [0.25, 0.3) is 0 Å². The monoisotopic (exact) mass is 157 g/mol. The molecule has 1 unspecified atom stereocenters. The maximum Gasteiger partial charge on any atom is 0.190 e. The number of hydrogen-bond donors (Lipinski definition) is 2. The van der Waals surface area contributed by atoms with Crippen molar-refractivity contribution < 1.29 is 9.90 Å². The molecule has 0 fully saturated rings. The molecule has 64 valence electrons. The second kappa shape index (κ2) is 3.64. The van der Waals surface area contributed by atoms with E-state index < -0.39 is 5.60 Å². The van der Waals surface area contributed by atoms with Crippen LogP contribution in [0.15, 0.2) is 12.2 Å². The molecule has 3 heteroatoms. The van der Waals surface area contributed by atoms with Crippen molar-refractivity contribution in [2.24, 2.45) is 5.73 Å². The Morgan fingerprint density at radius 2 is 2.18 bits per heavy atom. The summed E-state index contributed by atoms with van der Waals surface area (Å²) >= 11 is 0. The molecule has 0 saturated carbocycles. The third kappa shape index (κ3) is 2.13. The van der Waals surface area contributed by atoms with Crippen molar-refractivity contribution in [1.29, 1.82) is 0 Å². The first-order chi connectivity index (χ1) is 4.98. The fourth-order valence-electron chi connectivity index (χ4n) is 0.795. The minimum absolute atomic E-state index is 0.0464. The van der Waals surface area contributed by atoms with Crippen molar-refractivity contribution in [1.82, 2.24) is 0 Å². The van der Waals surface area contributed by atoms with Crippen LogP contribution < -0.4 is 5.73 Å². The highest BCUT2D eigenvalue weighted by molar-refractivity contribution is 6.00. The van der Waals surface area contributed by atoms with E-state index in [9.17, 15) is 9.90 Å². The molecule has 0 aliphatic rings. The van der Waals surface area contributed by atoms with E-state index in [1.54, 1.807) is 13.8 Å². The van der Waals surface area contributed by atoms with Crippen LogP contribution in [0, 0.1) is 0 Å². The van der Waals surface area contributed by atoms with Gasteiger partial charge in [0.15, 0.2) is 5.78 Å². The second-order valence-corrected chi connectivity index (χ2v) is 2.70. The minimum atomic E-state index is -1.40. The van der Waals surface area contributed by atoms with Gasteiger partial charge in [-0.2, -0.15) is 0 Å². The lowest BCUT2D eigenvalue weighted by Crippen LogP contribution is -2.45. The van der Waals surface area contributed by atoms with Gasteiger partial charge in [0, 0.05) is 6.54 Å². The molecule has 0 aliphatic heterocycles. The summed E-state index contributed by atoms with van der Waals surface area (Å²) < 4.78 is 0. The van der Waals surface area contributed by atoms with Gasteiger partial charge in [-0.25, -0.2) is 0 Å². The largest absolute Gasteiger partial charge is 0.380 e. The normalized spacial score (nSPS) is 15.6. The van der Waals surface area contributed by atoms with Crippen LogP contribution in [0.5, 0.6) is 0 Å². The van der Waals surface area contributed by atoms with E-state index in [4.69, 9.17) is 5.73 Å². The molecule has 0 bridgehead atoms. The van der Waals surface area contributed by atoms with Crippen LogP contribution in [0.1, 0.15) is 20.3 Å². The number of nitrogens with two attached hydrogens (primary N) is 1. The molecule has 1 atom stereocenters. The number of carbonyl (C=O) groups excluding carboxylic acids is 1. The quantitative estimate of drug-likeness (QED) is 0.574. The molecule has 3 nitrogen and oxygen atoms in total. The predicted molar refractivity (Wildman–Crippen MR) is 44.1 cm³/mol. The van der Waals surface area contributed by atoms with E-state index in [0.29, 0.717) is 12.0 Å². The molecule has 3 N–H and O–H groups in total. The zero-order chi connectivity index (χ0) is 9.07. The Morgan fingerprint density at radius 1 is 1.73 bits per heavy atom. The summed E-state index contributed by atoms with van der Waals surface area (Å²) in [6.07, 6.45) is 0.329. The Balaban J connectivity index is 4.50. The summed E-state index contributed by atoms with van der Waals surface area (Å²) in [7, 11) is 0. The van der Waals surface area contributed by atoms with Gasteiger partial charge in [-0.3, -0.25) is 4.79 Å². The van der Waals surface area contributed by atoms with Gasteiger partial charge in [-0.1, -0.05) is 13.5 Å². The van der Waals surface area contributed by atoms with Crippen LogP contribution >= 0.6 is 0 Å². The minimum Gasteiger partial charge on any atom is -0.380 e. The van der Waals surface area contributed by atoms with Crippen LogP contribution in [-0.2, 0) is 4.79 Å². The van der Waals surface area contributed by atoms with Gasteiger partial charge in [0.2, 0.25) is 0 Å². The molecule has 11 heavy (non-hydrogen) atoms. The van der Waals surface area contributed by atoms with E-state index in [2.05, 4.69) is 6.58 Å². The number of ketones is 1. The third-order valence-corrected chi connectivity index (χ3v) is 1.73. The van der Waals surface area contributed by atoms with Crippen molar-refractivity contribution in [2.45, 2.75) is 25.9 Å². The summed E-state index contributed by atoms with van der Waals surface area (Å²) in [6, 6.07) is 0. The Labute approximate surface area is 66.9 Å². The van der Waals surface area contributed by atoms with Gasteiger partial charge >= 0.3 is 0 Å². The number of carbonyl (C=O) groups is 1. The highest BCUT2D eigenvalue weighted by atomic mass is 16.3. The Bertz CT molecular complexity index is 171. The summed E-state index contributed by atoms with van der Waals surface area (Å²) in [4.78, 5) is 11.2. The third-order valence-electron chi connectivity index (χ3n) is 1.73. The SMILES string of the molecule is C=C(C)C(=O)C(O)(CC)CN. The summed E-state index contributed by atoms with van der Waals surface area (Å²) in [5.74, 6) is -0.359. The molecule has 0 spiro atoms. The first-order valence-electron chi connectivity index (χ1n) is 3.60. The first kappa shape index (κ1) is 10.3. The maximum absolute atomic E-state index is 11.2. The van der Waals surface area contributed by atoms with Gasteiger partial charge in [-0.15, -0.1) is 0 Å². The zero-order valence-electron chi connectivity index (χ0n) is 7.05. The van der Waals surface area contributed by atoms with Crippen molar-refractivity contribution in [3.8, 4) is 0 Å². The molecule has 0 rings (SSSR count). The average molecular weight is 157 g/mol. The van der Waals surface area contributed by atoms with Gasteiger partial charge in [-0.05, 0) is 18.9 Å². The summed E-state index contributed by atoms with van der Waals surface area (Å²) in [5, 5.41) is 9.53. The average Bonchev–Trinajstić information content (AvgIpc) is 2.01. The molecule has 0 saturated heterocycles. The zero-order valence-corrected chi connectivity index (χ0v) is 7.05. The molecular weight excluding hydrogens is 142 g/mol. The molecule has 0 heterocycles. The summed E-state index contributed by atoms with van der Waals surface area (Å²) in [5.41, 5.74) is 4.19. The number of aliphatic hydroxyl groups is 1. The smallest absolute Gasteiger partial charge is 0.190 e. The Kier molecular flexibility index (Phi) is 3.42. The fraction of sp³-hybridized carbons (Fsp3) is 0.625. The first-order valence-corrected chi connectivity index (χ1v) is 3.60. The molecule has 0 aromatic carbocycles. The predicted octanol–water partition coefficient (Wildman–Crippen LogP) is 0.231. The Hall–Kier alpha value is -0.670. The second-order valence-electron chi connectivity index (χ2n) is 2.70. The van der Waals surface area contributed by atoms with Gasteiger partial charge in [0.1, 0.15) is 5.60 Å². The van der Waals surface area contributed by atoms with Crippen LogP contribution in [0.4, 0.5) is 0 Å². The molecule has 0 aliphatic carbocycles. The number of Topliss-reactive ketones (excluding diaryl/α,β-unsaturated/α-hetero) is 1. The maximum atomic E-state index is 11.2. The molecular formula is C8H15NO2. The van der Waals surface area contributed by atoms with E-state index in [0.717, 1.165) is 0 Å². The van der Waals surface area contributed by atoms with Gasteiger partial charge < -0.3 is 10.8 Å². The molecule has 0 amide bonds. The number of hydrogen-bond acceptors (Lipinski definition) is 3. The van der Waals surface area contributed by atoms with E-state index >= 15 is 0 Å². The van der Waals surface area contributed by atoms with Crippen LogP contribution in [0.2, 0.25) is 0 Å². The molecule has 0 aromatic heterocycles. The number of rotatable bonds is 4. The molecule has 0 aromatic rings. The van der Waals surface area contributed by atoms with Crippen LogP contribution in [0.3, 0.4) is 0 Å². The lowest BCUT2D eigenvalue weighted by atomic mass is 9.92. The summed E-state index contributed by atoms with van der Waals surface area (Å²) in [6.45, 7) is 6.69. The van der Waals surface area contributed by atoms with Crippen molar-refractivity contribution >= 4 is 5.78 Å². The van der Waals surface area contributed by atoms with E-state index in [1.165, 1.54) is 0 Å². The van der Waals surface area contributed by atoms with Crippen LogP contribution in [-0.4, -0.2) is 23.0 Å². The fourth-order valence-corrected chi connectivity index (χ4v) is 0.795. The Morgan fingerprint density at radius 3 is 2.27 bits per heavy atom. The lowest BCUT2D eigenvalue weighted by molar-refractivity contribution is -0.132. The van der Waals surface area contributed by atoms with E-state index in [1.807, 2.05) is 0 Å². The van der Waals surface area contributed by atoms with E-state index in [-0.39, 0.29) is 12.3 Å². The van der Waals surface area contributed by atoms with Gasteiger partial charge in [0.05, 0.1) is 0 Å². The van der Waals surface area contributed by atoms with Crippen molar-refractivity contribution in [3.05, 3.63) is 12.2 Å². The van der Waals surface area contributed by atoms with Crippen molar-refractivity contribution in [3.63, 3.8) is 0 Å². The standard InChI is InChI=1S/C8H15NO2/c1-4-8(11,5-9)7(10)6(2)3/h11H,2,4-5,9H2,1,3H3. The topological polar surface area (TPSA) is 63.3 Å². The highest BCUT2D eigenvalue weighted by Crippen LogP contribution is 2.13. The highest BCUT2D eigenvalue weighted by Gasteiger charge is 2.31. The van der Waals surface area contributed by atoms with Gasteiger partial charge in [0.25, 0.3) is 0 Å². The lowest BCUT2D eigenvalue weighted by Gasteiger charge is -2.22. The molecule has 0 radical (unpaired) electrons.